The average Bonchev–Trinajstić information content (AvgIpc) is 3.03. The van der Waals surface area contributed by atoms with Gasteiger partial charge in [-0.1, -0.05) is 62.1 Å². The van der Waals surface area contributed by atoms with Gasteiger partial charge in [0.05, 0.1) is 5.56 Å². The Kier molecular flexibility index (Phi) is 22.7. The number of hydrogen-bond acceptors (Lipinski definition) is 6. The predicted molar refractivity (Wildman–Crippen MR) is 211 cm³/mol. The zero-order valence-corrected chi connectivity index (χ0v) is 34.6. The first kappa shape index (κ1) is 47.5. The highest BCUT2D eigenvalue weighted by atomic mass is 79.9. The van der Waals surface area contributed by atoms with Crippen LogP contribution in [0, 0.1) is 41.5 Å². The van der Waals surface area contributed by atoms with Gasteiger partial charge in [0.2, 0.25) is 0 Å². The van der Waals surface area contributed by atoms with Crippen molar-refractivity contribution < 1.29 is 19.5 Å². The molecule has 0 atom stereocenters. The third-order valence-electron chi connectivity index (χ3n) is 6.94. The zero-order chi connectivity index (χ0) is 36.8. The molecule has 3 rings (SSSR count). The van der Waals surface area contributed by atoms with E-state index in [0.29, 0.717) is 11.1 Å². The van der Waals surface area contributed by atoms with Crippen LogP contribution in [0.4, 0.5) is 0 Å². The number of rotatable bonds is 6. The molecule has 0 spiro atoms. The van der Waals surface area contributed by atoms with Crippen molar-refractivity contribution >= 4 is 65.6 Å². The highest BCUT2D eigenvalue weighted by Crippen LogP contribution is 2.24. The van der Waals surface area contributed by atoms with Crippen LogP contribution in [0.5, 0.6) is 0 Å². The molecule has 0 unspecified atom stereocenters. The van der Waals surface area contributed by atoms with E-state index in [1.54, 1.807) is 43.3 Å². The molecule has 3 aromatic rings. The van der Waals surface area contributed by atoms with Crippen LogP contribution in [-0.2, 0) is 0 Å². The van der Waals surface area contributed by atoms with Crippen molar-refractivity contribution in [1.82, 2.24) is 25.8 Å². The number of carboxylic acids is 1. The molecule has 12 heteroatoms. The van der Waals surface area contributed by atoms with Crippen LogP contribution >= 0.6 is 47.8 Å². The molecule has 0 aliphatic heterocycles. The Labute approximate surface area is 313 Å². The van der Waals surface area contributed by atoms with Gasteiger partial charge >= 0.3 is 5.97 Å². The van der Waals surface area contributed by atoms with Gasteiger partial charge < -0.3 is 10.4 Å². The normalized spacial score (nSPS) is 9.85. The molecule has 0 fully saturated rings. The van der Waals surface area contributed by atoms with Gasteiger partial charge in [-0.3, -0.25) is 19.6 Å². The second kappa shape index (κ2) is 22.9. The van der Waals surface area contributed by atoms with Crippen LogP contribution in [0.15, 0.2) is 49.8 Å². The van der Waals surface area contributed by atoms with Crippen molar-refractivity contribution in [1.29, 1.82) is 0 Å². The monoisotopic (exact) mass is 857 g/mol. The Bertz CT molecular complexity index is 1460. The summed E-state index contributed by atoms with van der Waals surface area (Å²) in [6.07, 6.45) is 0. The number of benzene rings is 3. The van der Waals surface area contributed by atoms with Gasteiger partial charge in [-0.05, 0) is 125 Å². The maximum atomic E-state index is 12.1. The maximum absolute atomic E-state index is 12.1. The quantitative estimate of drug-likeness (QED) is 0.214. The third-order valence-corrected chi connectivity index (χ3v) is 10.7. The summed E-state index contributed by atoms with van der Waals surface area (Å²) in [7, 11) is 10.8. The van der Waals surface area contributed by atoms with E-state index in [2.05, 4.69) is 65.5 Å². The predicted octanol–water partition coefficient (Wildman–Crippen LogP) is 8.51. The molecule has 2 amide bonds. The minimum atomic E-state index is -0.881. The smallest absolute Gasteiger partial charge is 0.335 e. The Morgan fingerprint density at radius 2 is 0.896 bits per heavy atom. The topological polar surface area (TPSA) is 105 Å². The molecule has 9 nitrogen and oxygen atoms in total. The van der Waals surface area contributed by atoms with E-state index in [0.717, 1.165) is 58.9 Å². The molecule has 268 valence electrons. The fraction of sp³-hybridized carbons (Fsp3) is 0.417. The van der Waals surface area contributed by atoms with Gasteiger partial charge in [-0.25, -0.2) is 15.2 Å². The van der Waals surface area contributed by atoms with E-state index >= 15 is 0 Å². The highest BCUT2D eigenvalue weighted by Gasteiger charge is 2.15. The number of hydrogen-bond donors (Lipinski definition) is 3. The molecule has 0 saturated carbocycles. The molecule has 0 bridgehead atoms. The number of carbonyl (C=O) groups is 3. The van der Waals surface area contributed by atoms with E-state index in [9.17, 15) is 14.4 Å². The molecule has 0 aliphatic rings. The van der Waals surface area contributed by atoms with E-state index in [-0.39, 0.29) is 19.2 Å². The first-order chi connectivity index (χ1) is 21.7. The van der Waals surface area contributed by atoms with E-state index < -0.39 is 5.97 Å². The lowest BCUT2D eigenvalue weighted by Crippen LogP contribution is -2.38. The van der Waals surface area contributed by atoms with Crippen LogP contribution in [0.3, 0.4) is 0 Å². The number of amides is 2. The summed E-state index contributed by atoms with van der Waals surface area (Å²) in [4.78, 5) is 34.5. The Morgan fingerprint density at radius 3 is 1.12 bits per heavy atom. The van der Waals surface area contributed by atoms with Gasteiger partial charge in [0.25, 0.3) is 11.8 Å². The Hall–Kier alpha value is -2.61. The lowest BCUT2D eigenvalue weighted by atomic mass is 10.1. The molecule has 0 radical (unpaired) electrons. The van der Waals surface area contributed by atoms with Gasteiger partial charge in [-0.2, -0.15) is 0 Å². The van der Waals surface area contributed by atoms with E-state index in [1.807, 2.05) is 87.0 Å². The molecule has 3 N–H and O–H groups in total. The first-order valence-electron chi connectivity index (χ1n) is 14.8. The number of hydrazine groups is 2. The van der Waals surface area contributed by atoms with Crippen LogP contribution in [0.1, 0.15) is 78.8 Å². The van der Waals surface area contributed by atoms with Crippen molar-refractivity contribution in [3.63, 3.8) is 0 Å². The second-order valence-electron chi connectivity index (χ2n) is 11.0. The van der Waals surface area contributed by atoms with Crippen LogP contribution < -0.4 is 10.7 Å². The lowest BCUT2D eigenvalue weighted by Gasteiger charge is -2.24. The fourth-order valence-corrected chi connectivity index (χ4v) is 4.56. The SMILES string of the molecule is C.CCNC.CNN(C)C(=O)c1cc(C)c(Br)c(C)c1.Cc1cc(C(=O)N(C)N(C)C)cc(C)c1Br.Cc1cc(C(=O)O)cc(C)c1Br. The summed E-state index contributed by atoms with van der Waals surface area (Å²) in [5, 5.41) is 16.4. The molecular formula is C36H54Br3N5O4. The number of aromatic carboxylic acids is 1. The zero-order valence-electron chi connectivity index (χ0n) is 29.8. The van der Waals surface area contributed by atoms with Crippen molar-refractivity contribution in [3.8, 4) is 0 Å². The standard InChI is InChI=1S/C12H17BrN2O.C11H15BrN2O.C9H9BrO2.C3H9N.CH4/c1-8-6-10(7-9(2)11(8)13)12(16)15(5)14(3)4;1-7-5-9(6-8(2)10(7)12)11(15)14(4)13-3;1-5-3-7(9(11)12)4-6(2)8(5)10;1-3-4-2;/h6-7H,1-5H3;5-6,13H,1-4H3;3-4H,1-2H3,(H,11,12);4H,3H2,1-2H3;1H4. The molecule has 3 aromatic carbocycles. The Morgan fingerprint density at radius 1 is 0.625 bits per heavy atom. The van der Waals surface area contributed by atoms with Gasteiger partial charge in [0.15, 0.2) is 0 Å². The number of halogens is 3. The summed E-state index contributed by atoms with van der Waals surface area (Å²) in [6, 6.07) is 10.9. The summed E-state index contributed by atoms with van der Waals surface area (Å²) in [5.74, 6) is -0.909. The number of nitrogens with zero attached hydrogens (tertiary/aromatic N) is 3. The van der Waals surface area contributed by atoms with Crippen molar-refractivity contribution in [2.45, 2.75) is 55.9 Å². The molecule has 0 aromatic heterocycles. The summed E-state index contributed by atoms with van der Waals surface area (Å²) < 4.78 is 3.11. The second-order valence-corrected chi connectivity index (χ2v) is 13.4. The van der Waals surface area contributed by atoms with Crippen molar-refractivity contribution in [2.75, 3.05) is 48.8 Å². The molecular weight excluding hydrogens is 806 g/mol. The highest BCUT2D eigenvalue weighted by molar-refractivity contribution is 9.11. The minimum absolute atomic E-state index is 0. The summed E-state index contributed by atoms with van der Waals surface area (Å²) in [6.45, 7) is 14.8. The van der Waals surface area contributed by atoms with Crippen LogP contribution in [0.2, 0.25) is 0 Å². The lowest BCUT2D eigenvalue weighted by molar-refractivity contribution is 0.0341. The number of nitrogens with one attached hydrogen (secondary N) is 2. The largest absolute Gasteiger partial charge is 0.478 e. The third kappa shape index (κ3) is 14.9. The molecule has 0 heterocycles. The van der Waals surface area contributed by atoms with Crippen LogP contribution in [0.25, 0.3) is 0 Å². The van der Waals surface area contributed by atoms with Crippen molar-refractivity contribution in [3.05, 3.63) is 99.9 Å². The average molecular weight is 861 g/mol. The van der Waals surface area contributed by atoms with Crippen LogP contribution in [-0.4, -0.2) is 86.7 Å². The van der Waals surface area contributed by atoms with E-state index in [1.165, 1.54) is 5.01 Å². The number of carbonyl (C=O) groups excluding carboxylic acids is 2. The Balaban J connectivity index is 0. The summed E-state index contributed by atoms with van der Waals surface area (Å²) in [5.41, 5.74) is 10.8. The van der Waals surface area contributed by atoms with Gasteiger partial charge in [-0.15, -0.1) is 0 Å². The maximum Gasteiger partial charge on any atom is 0.335 e. The van der Waals surface area contributed by atoms with E-state index in [4.69, 9.17) is 5.11 Å². The fourth-order valence-electron chi connectivity index (χ4n) is 3.87. The minimum Gasteiger partial charge on any atom is -0.478 e. The first-order valence-corrected chi connectivity index (χ1v) is 17.2. The van der Waals surface area contributed by atoms with Gasteiger partial charge in [0.1, 0.15) is 0 Å². The molecule has 0 saturated heterocycles. The molecule has 48 heavy (non-hydrogen) atoms. The molecule has 0 aliphatic carbocycles. The number of carboxylic acid groups (broad SMARTS) is 1. The number of aryl methyl sites for hydroxylation is 6. The summed E-state index contributed by atoms with van der Waals surface area (Å²) >= 11 is 10.3. The van der Waals surface area contributed by atoms with Gasteiger partial charge in [0, 0.05) is 59.8 Å². The van der Waals surface area contributed by atoms with Crippen molar-refractivity contribution in [2.24, 2.45) is 0 Å².